The molecule has 2 heterocycles. The molecule has 21 heavy (non-hydrogen) atoms. The Bertz CT molecular complexity index is 612. The Morgan fingerprint density at radius 3 is 2.81 bits per heavy atom. The Hall–Kier alpha value is -1.90. The number of anilines is 1. The van der Waals surface area contributed by atoms with Crippen molar-refractivity contribution in [2.45, 2.75) is 31.2 Å². The summed E-state index contributed by atoms with van der Waals surface area (Å²) in [5.41, 5.74) is 1.88. The topological polar surface area (TPSA) is 76.4 Å². The lowest BCUT2D eigenvalue weighted by atomic mass is 9.73. The largest absolute Gasteiger partial charge is 0.395 e. The van der Waals surface area contributed by atoms with Crippen LogP contribution in [-0.2, 0) is 10.2 Å². The molecule has 5 heteroatoms. The molecule has 1 amide bonds. The highest BCUT2D eigenvalue weighted by Gasteiger charge is 2.48. The lowest BCUT2D eigenvalue weighted by Gasteiger charge is -2.40. The smallest absolute Gasteiger partial charge is 0.235 e. The summed E-state index contributed by atoms with van der Waals surface area (Å²) in [5.74, 6) is 0.0453. The van der Waals surface area contributed by atoms with Crippen LogP contribution in [0.3, 0.4) is 0 Å². The first-order chi connectivity index (χ1) is 10.1. The normalized spacial score (nSPS) is 21.7. The summed E-state index contributed by atoms with van der Waals surface area (Å²) in [4.78, 5) is 14.7. The molecule has 3 rings (SSSR count). The van der Waals surface area contributed by atoms with Crippen molar-refractivity contribution >= 4 is 11.6 Å². The van der Waals surface area contributed by atoms with E-state index in [1.54, 1.807) is 6.07 Å². The zero-order valence-corrected chi connectivity index (χ0v) is 12.1. The Morgan fingerprint density at radius 2 is 2.19 bits per heavy atom. The van der Waals surface area contributed by atoms with Crippen LogP contribution >= 0.6 is 0 Å². The molecule has 5 nitrogen and oxygen atoms in total. The number of piperidine rings is 1. The number of benzene rings is 1. The average molecular weight is 285 g/mol. The van der Waals surface area contributed by atoms with E-state index in [1.165, 1.54) is 0 Å². The first-order valence-electron chi connectivity index (χ1n) is 7.32. The Labute approximate surface area is 124 Å². The van der Waals surface area contributed by atoms with E-state index in [0.717, 1.165) is 37.2 Å². The minimum atomic E-state index is -0.506. The molecule has 2 N–H and O–H groups in total. The van der Waals surface area contributed by atoms with Crippen LogP contribution in [0.25, 0.3) is 0 Å². The third kappa shape index (κ3) is 2.11. The second-order valence-corrected chi connectivity index (χ2v) is 5.98. The van der Waals surface area contributed by atoms with Gasteiger partial charge in [-0.1, -0.05) is 0 Å². The molecule has 1 spiro atoms. The van der Waals surface area contributed by atoms with Gasteiger partial charge in [0.1, 0.15) is 0 Å². The van der Waals surface area contributed by atoms with Gasteiger partial charge in [0.25, 0.3) is 0 Å². The summed E-state index contributed by atoms with van der Waals surface area (Å²) in [5, 5.41) is 21.3. The number of hydrogen-bond donors (Lipinski definition) is 2. The fourth-order valence-corrected chi connectivity index (χ4v) is 3.44. The molecule has 0 bridgehead atoms. The van der Waals surface area contributed by atoms with Gasteiger partial charge in [0.15, 0.2) is 0 Å². The molecule has 2 aliphatic rings. The minimum absolute atomic E-state index is 0.0453. The van der Waals surface area contributed by atoms with E-state index in [-0.39, 0.29) is 18.6 Å². The zero-order valence-electron chi connectivity index (χ0n) is 12.1. The fraction of sp³-hybridized carbons (Fsp3) is 0.500. The molecule has 1 saturated heterocycles. The third-order valence-electron chi connectivity index (χ3n) is 4.89. The van der Waals surface area contributed by atoms with Crippen LogP contribution in [-0.4, -0.2) is 41.7 Å². The van der Waals surface area contributed by atoms with Gasteiger partial charge in [-0.2, -0.15) is 5.26 Å². The lowest BCUT2D eigenvalue weighted by molar-refractivity contribution is -0.122. The molecule has 1 aromatic rings. The molecule has 0 aliphatic carbocycles. The van der Waals surface area contributed by atoms with Gasteiger partial charge in [-0.25, -0.2) is 0 Å². The number of likely N-dealkylation sites (tertiary alicyclic amines) is 1. The van der Waals surface area contributed by atoms with Gasteiger partial charge in [0, 0.05) is 11.7 Å². The molecule has 110 valence electrons. The first kappa shape index (κ1) is 14.1. The number of hydrogen-bond acceptors (Lipinski definition) is 4. The number of nitriles is 1. The van der Waals surface area contributed by atoms with Crippen molar-refractivity contribution < 1.29 is 9.90 Å². The Balaban J connectivity index is 1.91. The van der Waals surface area contributed by atoms with Gasteiger partial charge in [0.2, 0.25) is 5.91 Å². The summed E-state index contributed by atoms with van der Waals surface area (Å²) in [6, 6.07) is 7.67. The molecule has 1 aromatic carbocycles. The van der Waals surface area contributed by atoms with Crippen molar-refractivity contribution in [1.82, 2.24) is 4.90 Å². The van der Waals surface area contributed by atoms with Crippen LogP contribution in [0.4, 0.5) is 5.69 Å². The van der Waals surface area contributed by atoms with Crippen molar-refractivity contribution in [2.24, 2.45) is 0 Å². The van der Waals surface area contributed by atoms with E-state index >= 15 is 0 Å². The monoisotopic (exact) mass is 285 g/mol. The highest BCUT2D eigenvalue weighted by molar-refractivity contribution is 6.06. The number of nitrogens with one attached hydrogen (secondary N) is 1. The zero-order chi connectivity index (χ0) is 15.0. The summed E-state index contributed by atoms with van der Waals surface area (Å²) in [6.45, 7) is 3.69. The molecule has 1 fully saturated rings. The van der Waals surface area contributed by atoms with Crippen LogP contribution in [0.1, 0.15) is 30.9 Å². The van der Waals surface area contributed by atoms with Crippen molar-refractivity contribution in [3.05, 3.63) is 29.3 Å². The predicted molar refractivity (Wildman–Crippen MR) is 78.8 cm³/mol. The van der Waals surface area contributed by atoms with E-state index in [1.807, 2.05) is 19.1 Å². The van der Waals surface area contributed by atoms with Gasteiger partial charge in [0.05, 0.1) is 23.7 Å². The molecule has 0 saturated carbocycles. The SMILES string of the molecule is CC(CO)N1CCC2(CC1)C(=O)Nc1ccc(C#N)cc12. The lowest BCUT2D eigenvalue weighted by Crippen LogP contribution is -2.49. The van der Waals surface area contributed by atoms with Gasteiger partial charge in [-0.3, -0.25) is 9.69 Å². The maximum atomic E-state index is 12.5. The maximum absolute atomic E-state index is 12.5. The van der Waals surface area contributed by atoms with E-state index in [4.69, 9.17) is 5.26 Å². The summed E-state index contributed by atoms with van der Waals surface area (Å²) in [6.07, 6.45) is 1.45. The number of aliphatic hydroxyl groups excluding tert-OH is 1. The van der Waals surface area contributed by atoms with Gasteiger partial charge in [-0.15, -0.1) is 0 Å². The van der Waals surface area contributed by atoms with Crippen molar-refractivity contribution in [3.63, 3.8) is 0 Å². The third-order valence-corrected chi connectivity index (χ3v) is 4.89. The molecule has 2 aliphatic heterocycles. The molecular weight excluding hydrogens is 266 g/mol. The predicted octanol–water partition coefficient (Wildman–Crippen LogP) is 1.22. The van der Waals surface area contributed by atoms with Crippen LogP contribution in [0.5, 0.6) is 0 Å². The summed E-state index contributed by atoms with van der Waals surface area (Å²) >= 11 is 0. The number of amides is 1. The molecular formula is C16H19N3O2. The minimum Gasteiger partial charge on any atom is -0.395 e. The van der Waals surface area contributed by atoms with Crippen molar-refractivity contribution in [3.8, 4) is 6.07 Å². The molecule has 0 radical (unpaired) electrons. The van der Waals surface area contributed by atoms with Gasteiger partial charge in [-0.05, 0) is 56.6 Å². The highest BCUT2D eigenvalue weighted by Crippen LogP contribution is 2.45. The van der Waals surface area contributed by atoms with E-state index in [9.17, 15) is 9.90 Å². The van der Waals surface area contributed by atoms with Gasteiger partial charge >= 0.3 is 0 Å². The Kier molecular flexibility index (Phi) is 3.44. The molecule has 1 unspecified atom stereocenters. The molecule has 1 atom stereocenters. The van der Waals surface area contributed by atoms with Crippen LogP contribution in [0.15, 0.2) is 18.2 Å². The number of nitrogens with zero attached hydrogens (tertiary/aromatic N) is 2. The first-order valence-corrected chi connectivity index (χ1v) is 7.32. The van der Waals surface area contributed by atoms with E-state index in [2.05, 4.69) is 16.3 Å². The second-order valence-electron chi connectivity index (χ2n) is 5.98. The molecule has 0 aromatic heterocycles. The number of fused-ring (bicyclic) bond motifs is 2. The van der Waals surface area contributed by atoms with Crippen molar-refractivity contribution in [2.75, 3.05) is 25.0 Å². The van der Waals surface area contributed by atoms with Gasteiger partial charge < -0.3 is 10.4 Å². The number of carbonyl (C=O) groups is 1. The number of aliphatic hydroxyl groups is 1. The van der Waals surface area contributed by atoms with Crippen molar-refractivity contribution in [1.29, 1.82) is 5.26 Å². The second kappa shape index (κ2) is 5.14. The average Bonchev–Trinajstić information content (AvgIpc) is 2.79. The standard InChI is InChI=1S/C16H19N3O2/c1-11(10-20)19-6-4-16(5-7-19)13-8-12(9-17)2-3-14(13)18-15(16)21/h2-3,8,11,20H,4-7,10H2,1H3,(H,18,21). The fourth-order valence-electron chi connectivity index (χ4n) is 3.44. The Morgan fingerprint density at radius 1 is 1.48 bits per heavy atom. The van der Waals surface area contributed by atoms with E-state index < -0.39 is 5.41 Å². The van der Waals surface area contributed by atoms with Crippen LogP contribution < -0.4 is 5.32 Å². The van der Waals surface area contributed by atoms with E-state index in [0.29, 0.717) is 5.56 Å². The maximum Gasteiger partial charge on any atom is 0.235 e. The summed E-state index contributed by atoms with van der Waals surface area (Å²) in [7, 11) is 0. The van der Waals surface area contributed by atoms with Crippen LogP contribution in [0, 0.1) is 11.3 Å². The quantitative estimate of drug-likeness (QED) is 0.856. The number of rotatable bonds is 2. The summed E-state index contributed by atoms with van der Waals surface area (Å²) < 4.78 is 0. The van der Waals surface area contributed by atoms with Crippen LogP contribution in [0.2, 0.25) is 0 Å². The number of carbonyl (C=O) groups excluding carboxylic acids is 1. The highest BCUT2D eigenvalue weighted by atomic mass is 16.3.